The van der Waals surface area contributed by atoms with Gasteiger partial charge in [-0.1, -0.05) is 23.4 Å². The van der Waals surface area contributed by atoms with Crippen LogP contribution >= 0.6 is 0 Å². The lowest BCUT2D eigenvalue weighted by Gasteiger charge is -2.11. The van der Waals surface area contributed by atoms with Crippen LogP contribution in [0.15, 0.2) is 77.6 Å². The third-order valence-electron chi connectivity index (χ3n) is 4.04. The first-order chi connectivity index (χ1) is 15.1. The summed E-state index contributed by atoms with van der Waals surface area (Å²) in [5.41, 5.74) is 5.22. The van der Waals surface area contributed by atoms with Crippen LogP contribution < -0.4 is 15.6 Å². The van der Waals surface area contributed by atoms with Gasteiger partial charge >= 0.3 is 6.01 Å². The van der Waals surface area contributed by atoms with Crippen molar-refractivity contribution in [2.24, 2.45) is 0 Å². The van der Waals surface area contributed by atoms with E-state index in [1.54, 1.807) is 48.8 Å². The summed E-state index contributed by atoms with van der Waals surface area (Å²) >= 11 is 0. The molecule has 2 heterocycles. The van der Waals surface area contributed by atoms with Crippen molar-refractivity contribution in [3.8, 4) is 22.9 Å². The normalized spacial score (nSPS) is 10.3. The van der Waals surface area contributed by atoms with Crippen molar-refractivity contribution < 1.29 is 19.0 Å². The zero-order valence-corrected chi connectivity index (χ0v) is 15.8. The molecule has 0 radical (unpaired) electrons. The quantitative estimate of drug-likeness (QED) is 0.339. The van der Waals surface area contributed by atoms with Gasteiger partial charge in [0, 0.05) is 30.1 Å². The third-order valence-corrected chi connectivity index (χ3v) is 4.04. The van der Waals surface area contributed by atoms with E-state index >= 15 is 0 Å². The first kappa shape index (κ1) is 19.5. The zero-order chi connectivity index (χ0) is 21.6. The van der Waals surface area contributed by atoms with Crippen molar-refractivity contribution >= 4 is 17.6 Å². The van der Waals surface area contributed by atoms with Gasteiger partial charge in [-0.25, -0.2) is 5.43 Å². The number of hydrogen-bond acceptors (Lipinski definition) is 9. The molecule has 0 aliphatic carbocycles. The molecule has 0 aliphatic heterocycles. The van der Waals surface area contributed by atoms with Crippen molar-refractivity contribution in [3.05, 3.63) is 88.7 Å². The molecule has 11 heteroatoms. The minimum absolute atomic E-state index is 0.0561. The van der Waals surface area contributed by atoms with Crippen molar-refractivity contribution in [2.75, 3.05) is 5.43 Å². The van der Waals surface area contributed by atoms with Crippen molar-refractivity contribution in [1.29, 1.82) is 0 Å². The largest absolute Gasteiger partial charge is 0.457 e. The number of nitro benzene ring substituents is 1. The molecule has 31 heavy (non-hydrogen) atoms. The van der Waals surface area contributed by atoms with E-state index in [1.807, 2.05) is 6.07 Å². The van der Waals surface area contributed by atoms with Crippen LogP contribution in [0.4, 0.5) is 11.7 Å². The fourth-order valence-electron chi connectivity index (χ4n) is 2.58. The van der Waals surface area contributed by atoms with Crippen LogP contribution in [0, 0.1) is 10.1 Å². The van der Waals surface area contributed by atoms with E-state index in [-0.39, 0.29) is 23.0 Å². The van der Waals surface area contributed by atoms with Gasteiger partial charge in [-0.2, -0.15) is 4.98 Å². The van der Waals surface area contributed by atoms with Gasteiger partial charge in [0.2, 0.25) is 5.82 Å². The van der Waals surface area contributed by atoms with Gasteiger partial charge in [-0.3, -0.25) is 25.3 Å². The van der Waals surface area contributed by atoms with Crippen LogP contribution in [0.2, 0.25) is 0 Å². The second kappa shape index (κ2) is 8.69. The number of amides is 1. The van der Waals surface area contributed by atoms with E-state index in [0.29, 0.717) is 17.1 Å². The third kappa shape index (κ3) is 4.62. The Kier molecular flexibility index (Phi) is 5.47. The Morgan fingerprint density at radius 1 is 1.06 bits per heavy atom. The molecular weight excluding hydrogens is 404 g/mol. The fourth-order valence-corrected chi connectivity index (χ4v) is 2.58. The predicted octanol–water partition coefficient (Wildman–Crippen LogP) is 3.59. The van der Waals surface area contributed by atoms with Gasteiger partial charge in [0.1, 0.15) is 11.5 Å². The maximum atomic E-state index is 12.7. The molecule has 0 fully saturated rings. The Balaban J connectivity index is 1.52. The summed E-state index contributed by atoms with van der Waals surface area (Å²) in [6.45, 7) is 0. The molecule has 11 nitrogen and oxygen atoms in total. The molecule has 0 saturated carbocycles. The lowest BCUT2D eigenvalue weighted by molar-refractivity contribution is -0.384. The van der Waals surface area contributed by atoms with Gasteiger partial charge < -0.3 is 9.26 Å². The molecule has 0 atom stereocenters. The number of hydrogen-bond donors (Lipinski definition) is 2. The topological polar surface area (TPSA) is 145 Å². The molecule has 154 valence electrons. The van der Waals surface area contributed by atoms with Crippen LogP contribution in [0.25, 0.3) is 11.4 Å². The zero-order valence-electron chi connectivity index (χ0n) is 15.8. The summed E-state index contributed by atoms with van der Waals surface area (Å²) in [7, 11) is 0. The van der Waals surface area contributed by atoms with E-state index in [1.165, 1.54) is 12.1 Å². The van der Waals surface area contributed by atoms with Crippen molar-refractivity contribution in [1.82, 2.24) is 20.6 Å². The summed E-state index contributed by atoms with van der Waals surface area (Å²) in [4.78, 5) is 31.3. The minimum Gasteiger partial charge on any atom is -0.457 e. The number of ether oxygens (including phenoxy) is 1. The number of nitro groups is 1. The first-order valence-corrected chi connectivity index (χ1v) is 8.92. The number of anilines is 1. The van der Waals surface area contributed by atoms with Crippen LogP contribution in [0.1, 0.15) is 10.4 Å². The second-order valence-electron chi connectivity index (χ2n) is 6.09. The summed E-state index contributed by atoms with van der Waals surface area (Å²) < 4.78 is 10.8. The standard InChI is InChI=1S/C20H14N6O5/c27-19(23-24-20-22-18(25-31-20)13-8-10-21-11-9-13)16-12-14(26(28)29)6-7-17(16)30-15-4-2-1-3-5-15/h1-12H,(H,23,27)(H,22,24,25). The lowest BCUT2D eigenvalue weighted by atomic mass is 10.1. The van der Waals surface area contributed by atoms with Crippen LogP contribution in [0.3, 0.4) is 0 Å². The fraction of sp³-hybridized carbons (Fsp3) is 0. The Bertz CT molecular complexity index is 1210. The number of carbonyl (C=O) groups excluding carboxylic acids is 1. The average Bonchev–Trinajstić information content (AvgIpc) is 3.28. The average molecular weight is 418 g/mol. The Labute approximate surface area is 174 Å². The minimum atomic E-state index is -0.696. The van der Waals surface area contributed by atoms with E-state index in [2.05, 4.69) is 26.0 Å². The SMILES string of the molecule is O=C(NNc1nc(-c2ccncc2)no1)c1cc([N+](=O)[O-])ccc1Oc1ccccc1. The first-order valence-electron chi connectivity index (χ1n) is 8.92. The Morgan fingerprint density at radius 3 is 2.58 bits per heavy atom. The monoisotopic (exact) mass is 418 g/mol. The number of hydrazine groups is 1. The predicted molar refractivity (Wildman–Crippen MR) is 108 cm³/mol. The number of nitrogens with zero attached hydrogens (tertiary/aromatic N) is 4. The molecule has 4 rings (SSSR count). The molecule has 0 saturated heterocycles. The van der Waals surface area contributed by atoms with E-state index in [4.69, 9.17) is 9.26 Å². The molecule has 2 aromatic heterocycles. The molecule has 0 unspecified atom stereocenters. The second-order valence-corrected chi connectivity index (χ2v) is 6.09. The molecule has 4 aromatic rings. The van der Waals surface area contributed by atoms with Gasteiger partial charge in [0.05, 0.1) is 10.5 Å². The smallest absolute Gasteiger partial charge is 0.340 e. The number of benzene rings is 2. The lowest BCUT2D eigenvalue weighted by Crippen LogP contribution is -2.29. The molecule has 0 spiro atoms. The number of aromatic nitrogens is 3. The molecule has 1 amide bonds. The summed E-state index contributed by atoms with van der Waals surface area (Å²) in [5, 5.41) is 14.9. The highest BCUT2D eigenvalue weighted by molar-refractivity contribution is 5.98. The number of para-hydroxylation sites is 1. The van der Waals surface area contributed by atoms with Gasteiger partial charge in [-0.15, -0.1) is 0 Å². The highest BCUT2D eigenvalue weighted by Gasteiger charge is 2.19. The molecule has 0 aliphatic rings. The number of pyridine rings is 1. The number of nitrogens with one attached hydrogen (secondary N) is 2. The summed E-state index contributed by atoms with van der Waals surface area (Å²) in [5.74, 6) is 0.206. The summed E-state index contributed by atoms with van der Waals surface area (Å²) in [6.07, 6.45) is 3.16. The molecule has 0 bridgehead atoms. The maximum Gasteiger partial charge on any atom is 0.340 e. The summed E-state index contributed by atoms with van der Waals surface area (Å²) in [6, 6.07) is 15.8. The number of rotatable bonds is 7. The van der Waals surface area contributed by atoms with Gasteiger partial charge in [-0.05, 0) is 30.3 Å². The Morgan fingerprint density at radius 2 is 1.84 bits per heavy atom. The highest BCUT2D eigenvalue weighted by atomic mass is 16.6. The van der Waals surface area contributed by atoms with Crippen molar-refractivity contribution in [3.63, 3.8) is 0 Å². The van der Waals surface area contributed by atoms with Crippen LogP contribution in [-0.4, -0.2) is 26.0 Å². The maximum absolute atomic E-state index is 12.7. The van der Waals surface area contributed by atoms with E-state index in [0.717, 1.165) is 6.07 Å². The van der Waals surface area contributed by atoms with Crippen molar-refractivity contribution in [2.45, 2.75) is 0 Å². The Hall–Kier alpha value is -4.80. The van der Waals surface area contributed by atoms with Gasteiger partial charge in [0.25, 0.3) is 11.6 Å². The molecule has 2 aromatic carbocycles. The molecule has 2 N–H and O–H groups in total. The van der Waals surface area contributed by atoms with E-state index in [9.17, 15) is 14.9 Å². The number of carbonyl (C=O) groups is 1. The molecular formula is C20H14N6O5. The van der Waals surface area contributed by atoms with Crippen LogP contribution in [0.5, 0.6) is 11.5 Å². The number of non-ortho nitro benzene ring substituents is 1. The van der Waals surface area contributed by atoms with Gasteiger partial charge in [0.15, 0.2) is 0 Å². The highest BCUT2D eigenvalue weighted by Crippen LogP contribution is 2.28. The van der Waals surface area contributed by atoms with Crippen LogP contribution in [-0.2, 0) is 0 Å². The van der Waals surface area contributed by atoms with E-state index < -0.39 is 10.8 Å².